The van der Waals surface area contributed by atoms with Crippen molar-refractivity contribution in [2.45, 2.75) is 86.0 Å². The SMILES string of the molecule is CCC(C)CC(C)C.CCC1CCCCC1. The lowest BCUT2D eigenvalue weighted by Gasteiger charge is -2.18. The smallest absolute Gasteiger partial charge is 0.0417 e. The van der Waals surface area contributed by atoms with Gasteiger partial charge in [-0.05, 0) is 24.2 Å². The third-order valence-corrected chi connectivity index (χ3v) is 3.87. The first kappa shape index (κ1) is 16.0. The fourth-order valence-electron chi connectivity index (χ4n) is 2.57. The molecule has 0 nitrogen and oxygen atoms in total. The van der Waals surface area contributed by atoms with Gasteiger partial charge in [-0.25, -0.2) is 0 Å². The quantitative estimate of drug-likeness (QED) is 0.547. The third kappa shape index (κ3) is 9.24. The second-order valence-electron chi connectivity index (χ2n) is 6.06. The Kier molecular flexibility index (Phi) is 10.2. The molecule has 98 valence electrons. The van der Waals surface area contributed by atoms with Crippen molar-refractivity contribution in [2.24, 2.45) is 17.8 Å². The van der Waals surface area contributed by atoms with E-state index in [0.717, 1.165) is 17.8 Å². The highest BCUT2D eigenvalue weighted by molar-refractivity contribution is 4.63. The number of hydrogen-bond acceptors (Lipinski definition) is 0. The molecule has 1 rings (SSSR count). The van der Waals surface area contributed by atoms with Crippen molar-refractivity contribution < 1.29 is 0 Å². The van der Waals surface area contributed by atoms with Crippen LogP contribution in [-0.4, -0.2) is 0 Å². The highest BCUT2D eigenvalue weighted by atomic mass is 14.2. The molecule has 0 aliphatic heterocycles. The molecule has 1 aliphatic rings. The molecule has 0 heteroatoms. The lowest BCUT2D eigenvalue weighted by atomic mass is 9.88. The average Bonchev–Trinajstić information content (AvgIpc) is 2.30. The molecule has 0 N–H and O–H groups in total. The van der Waals surface area contributed by atoms with E-state index in [1.807, 2.05) is 0 Å². The third-order valence-electron chi connectivity index (χ3n) is 3.87. The van der Waals surface area contributed by atoms with Gasteiger partial charge in [0, 0.05) is 0 Å². The van der Waals surface area contributed by atoms with E-state index in [2.05, 4.69) is 34.6 Å². The average molecular weight is 226 g/mol. The van der Waals surface area contributed by atoms with Crippen molar-refractivity contribution in [2.75, 3.05) is 0 Å². The van der Waals surface area contributed by atoms with Gasteiger partial charge in [-0.3, -0.25) is 0 Å². The largest absolute Gasteiger partial charge is 0.0651 e. The number of rotatable bonds is 4. The molecular formula is C16H34. The summed E-state index contributed by atoms with van der Waals surface area (Å²) >= 11 is 0. The van der Waals surface area contributed by atoms with Crippen molar-refractivity contribution in [3.63, 3.8) is 0 Å². The standard InChI is InChI=1S/C8H16.C8H18/c1-2-8-6-4-3-5-7-8;1-5-8(4)6-7(2)3/h8H,2-7H2,1H3;7-8H,5-6H2,1-4H3. The summed E-state index contributed by atoms with van der Waals surface area (Å²) in [4.78, 5) is 0. The summed E-state index contributed by atoms with van der Waals surface area (Å²) in [5.74, 6) is 2.89. The van der Waals surface area contributed by atoms with Crippen LogP contribution in [-0.2, 0) is 0 Å². The zero-order chi connectivity index (χ0) is 12.4. The molecule has 1 unspecified atom stereocenters. The minimum absolute atomic E-state index is 0.880. The van der Waals surface area contributed by atoms with Crippen LogP contribution in [0.2, 0.25) is 0 Å². The molecule has 0 aromatic heterocycles. The molecule has 1 atom stereocenters. The molecule has 0 amide bonds. The molecular weight excluding hydrogens is 192 g/mol. The highest BCUT2D eigenvalue weighted by Gasteiger charge is 2.09. The highest BCUT2D eigenvalue weighted by Crippen LogP contribution is 2.25. The van der Waals surface area contributed by atoms with E-state index in [0.29, 0.717) is 0 Å². The van der Waals surface area contributed by atoms with Crippen LogP contribution in [0.5, 0.6) is 0 Å². The zero-order valence-corrected chi connectivity index (χ0v) is 12.4. The maximum atomic E-state index is 2.32. The predicted molar refractivity (Wildman–Crippen MR) is 75.8 cm³/mol. The molecule has 1 saturated carbocycles. The molecule has 0 bridgehead atoms. The Hall–Kier alpha value is 0. The van der Waals surface area contributed by atoms with Crippen LogP contribution < -0.4 is 0 Å². The summed E-state index contributed by atoms with van der Waals surface area (Å²) < 4.78 is 0. The van der Waals surface area contributed by atoms with Gasteiger partial charge in [-0.2, -0.15) is 0 Å². The summed E-state index contributed by atoms with van der Waals surface area (Å²) in [5.41, 5.74) is 0. The summed E-state index contributed by atoms with van der Waals surface area (Å²) in [6.07, 6.45) is 11.6. The fraction of sp³-hybridized carbons (Fsp3) is 1.00. The molecule has 0 heterocycles. The van der Waals surface area contributed by atoms with E-state index in [4.69, 9.17) is 0 Å². The summed E-state index contributed by atoms with van der Waals surface area (Å²) in [6, 6.07) is 0. The second-order valence-corrected chi connectivity index (χ2v) is 6.06. The van der Waals surface area contributed by atoms with Gasteiger partial charge in [0.25, 0.3) is 0 Å². The first-order valence-electron chi connectivity index (χ1n) is 7.60. The van der Waals surface area contributed by atoms with Crippen molar-refractivity contribution in [1.82, 2.24) is 0 Å². The van der Waals surface area contributed by atoms with Gasteiger partial charge in [-0.15, -0.1) is 0 Å². The first-order valence-corrected chi connectivity index (χ1v) is 7.60. The minimum atomic E-state index is 0.880. The van der Waals surface area contributed by atoms with Gasteiger partial charge in [-0.1, -0.05) is 79.6 Å². The maximum absolute atomic E-state index is 2.32. The van der Waals surface area contributed by atoms with Crippen molar-refractivity contribution >= 4 is 0 Å². The van der Waals surface area contributed by atoms with E-state index in [1.54, 1.807) is 0 Å². The van der Waals surface area contributed by atoms with Crippen molar-refractivity contribution in [3.8, 4) is 0 Å². The normalized spacial score (nSPS) is 19.1. The van der Waals surface area contributed by atoms with Crippen LogP contribution >= 0.6 is 0 Å². The Morgan fingerprint density at radius 3 is 1.75 bits per heavy atom. The van der Waals surface area contributed by atoms with E-state index >= 15 is 0 Å². The van der Waals surface area contributed by atoms with Crippen LogP contribution in [0.15, 0.2) is 0 Å². The Labute approximate surface area is 104 Å². The first-order chi connectivity index (χ1) is 7.60. The van der Waals surface area contributed by atoms with Crippen LogP contribution in [0.4, 0.5) is 0 Å². The Morgan fingerprint density at radius 2 is 1.50 bits per heavy atom. The molecule has 0 radical (unpaired) electrons. The summed E-state index contributed by atoms with van der Waals surface area (Å²) in [6.45, 7) is 11.5. The molecule has 0 aromatic carbocycles. The molecule has 1 aliphatic carbocycles. The van der Waals surface area contributed by atoms with E-state index in [1.165, 1.54) is 51.4 Å². The van der Waals surface area contributed by atoms with Crippen LogP contribution in [0, 0.1) is 17.8 Å². The molecule has 0 saturated heterocycles. The topological polar surface area (TPSA) is 0 Å². The van der Waals surface area contributed by atoms with Crippen LogP contribution in [0.3, 0.4) is 0 Å². The molecule has 0 aromatic rings. The lowest BCUT2D eigenvalue weighted by molar-refractivity contribution is 0.349. The van der Waals surface area contributed by atoms with E-state index in [-0.39, 0.29) is 0 Å². The Morgan fingerprint density at radius 1 is 0.938 bits per heavy atom. The van der Waals surface area contributed by atoms with Gasteiger partial charge in [0.15, 0.2) is 0 Å². The van der Waals surface area contributed by atoms with E-state index < -0.39 is 0 Å². The molecule has 16 heavy (non-hydrogen) atoms. The van der Waals surface area contributed by atoms with Crippen molar-refractivity contribution in [1.29, 1.82) is 0 Å². The maximum Gasteiger partial charge on any atom is -0.0417 e. The van der Waals surface area contributed by atoms with Gasteiger partial charge in [0.1, 0.15) is 0 Å². The van der Waals surface area contributed by atoms with Gasteiger partial charge < -0.3 is 0 Å². The van der Waals surface area contributed by atoms with Crippen molar-refractivity contribution in [3.05, 3.63) is 0 Å². The Bertz CT molecular complexity index is 131. The predicted octanol–water partition coefficient (Wildman–Crippen LogP) is 6.06. The second kappa shape index (κ2) is 10.2. The van der Waals surface area contributed by atoms with Crippen LogP contribution in [0.1, 0.15) is 86.0 Å². The molecule has 1 fully saturated rings. The lowest BCUT2D eigenvalue weighted by Crippen LogP contribution is -2.03. The van der Waals surface area contributed by atoms with Gasteiger partial charge in [0.05, 0.1) is 0 Å². The van der Waals surface area contributed by atoms with Gasteiger partial charge in [0.2, 0.25) is 0 Å². The zero-order valence-electron chi connectivity index (χ0n) is 12.4. The minimum Gasteiger partial charge on any atom is -0.0651 e. The molecule has 0 spiro atoms. The van der Waals surface area contributed by atoms with E-state index in [9.17, 15) is 0 Å². The fourth-order valence-corrected chi connectivity index (χ4v) is 2.57. The van der Waals surface area contributed by atoms with Crippen LogP contribution in [0.25, 0.3) is 0 Å². The number of hydrogen-bond donors (Lipinski definition) is 0. The summed E-state index contributed by atoms with van der Waals surface area (Å²) in [5, 5.41) is 0. The summed E-state index contributed by atoms with van der Waals surface area (Å²) in [7, 11) is 0. The van der Waals surface area contributed by atoms with Gasteiger partial charge >= 0.3 is 0 Å². The monoisotopic (exact) mass is 226 g/mol. The Balaban J connectivity index is 0.000000281.